The first kappa shape index (κ1) is 19.6. The predicted octanol–water partition coefficient (Wildman–Crippen LogP) is 1.67. The Hall–Kier alpha value is -1.68. The highest BCUT2D eigenvalue weighted by Gasteiger charge is 2.30. The quantitative estimate of drug-likeness (QED) is 0.707. The molecule has 136 valence electrons. The molecule has 2 heterocycles. The molecule has 1 unspecified atom stereocenters. The van der Waals surface area contributed by atoms with E-state index in [4.69, 9.17) is 5.73 Å². The molecular weight excluding hydrogens is 360 g/mol. The Bertz CT molecular complexity index is 777. The minimum Gasteiger partial charge on any atom is -0.321 e. The summed E-state index contributed by atoms with van der Waals surface area (Å²) in [4.78, 5) is 20.3. The lowest BCUT2D eigenvalue weighted by atomic mass is 10.0. The summed E-state index contributed by atoms with van der Waals surface area (Å²) in [6.07, 6.45) is 5.11. The lowest BCUT2D eigenvalue weighted by Gasteiger charge is -2.22. The molecule has 2 N–H and O–H groups in total. The van der Waals surface area contributed by atoms with Crippen LogP contribution in [0.1, 0.15) is 25.8 Å². The van der Waals surface area contributed by atoms with Gasteiger partial charge in [0.2, 0.25) is 4.34 Å². The van der Waals surface area contributed by atoms with Crippen molar-refractivity contribution in [2.45, 2.75) is 37.2 Å². The molecule has 0 aliphatic heterocycles. The van der Waals surface area contributed by atoms with Gasteiger partial charge in [0.25, 0.3) is 10.0 Å². The van der Waals surface area contributed by atoms with Crippen molar-refractivity contribution in [2.24, 2.45) is 11.7 Å². The molecule has 0 aliphatic rings. The third kappa shape index (κ3) is 5.40. The van der Waals surface area contributed by atoms with Crippen molar-refractivity contribution in [2.75, 3.05) is 6.54 Å². The van der Waals surface area contributed by atoms with E-state index >= 15 is 0 Å². The summed E-state index contributed by atoms with van der Waals surface area (Å²) < 4.78 is 26.8. The molecule has 0 saturated carbocycles. The van der Waals surface area contributed by atoms with Gasteiger partial charge in [0.15, 0.2) is 5.78 Å². The lowest BCUT2D eigenvalue weighted by Crippen LogP contribution is -2.42. The standard InChI is InChI=1S/C16H22N4O3S2/c1-12(2)8-14(17)15(21)11-20(10-13-4-3-5-18-9-13)25(22,23)16-19-6-7-24-16/h3-7,9,12,14H,8,10-11,17H2,1-2H3. The van der Waals surface area contributed by atoms with Gasteiger partial charge >= 0.3 is 0 Å². The van der Waals surface area contributed by atoms with Crippen LogP contribution in [0.2, 0.25) is 0 Å². The number of sulfonamides is 1. The number of hydrogen-bond donors (Lipinski definition) is 1. The highest BCUT2D eigenvalue weighted by Crippen LogP contribution is 2.20. The maximum atomic E-state index is 12.8. The zero-order chi connectivity index (χ0) is 18.4. The van der Waals surface area contributed by atoms with E-state index in [9.17, 15) is 13.2 Å². The zero-order valence-electron chi connectivity index (χ0n) is 14.2. The van der Waals surface area contributed by atoms with Crippen molar-refractivity contribution in [1.82, 2.24) is 14.3 Å². The number of ketones is 1. The van der Waals surface area contributed by atoms with Gasteiger partial charge < -0.3 is 5.73 Å². The molecule has 9 heteroatoms. The topological polar surface area (TPSA) is 106 Å². The van der Waals surface area contributed by atoms with Crippen LogP contribution in [0.25, 0.3) is 0 Å². The summed E-state index contributed by atoms with van der Waals surface area (Å²) in [5, 5.41) is 1.58. The summed E-state index contributed by atoms with van der Waals surface area (Å²) in [6.45, 7) is 3.68. The van der Waals surface area contributed by atoms with Gasteiger partial charge in [0.05, 0.1) is 12.6 Å². The Morgan fingerprint density at radius 3 is 2.68 bits per heavy atom. The molecule has 0 aromatic carbocycles. The van der Waals surface area contributed by atoms with Crippen LogP contribution in [0.15, 0.2) is 40.4 Å². The fourth-order valence-electron chi connectivity index (χ4n) is 2.30. The SMILES string of the molecule is CC(C)CC(N)C(=O)CN(Cc1cccnc1)S(=O)(=O)c1nccs1. The van der Waals surface area contributed by atoms with Gasteiger partial charge in [-0.3, -0.25) is 9.78 Å². The molecule has 25 heavy (non-hydrogen) atoms. The predicted molar refractivity (Wildman–Crippen MR) is 96.4 cm³/mol. The number of aromatic nitrogens is 2. The normalized spacial score (nSPS) is 13.3. The van der Waals surface area contributed by atoms with Crippen molar-refractivity contribution in [1.29, 1.82) is 0 Å². The maximum Gasteiger partial charge on any atom is 0.271 e. The van der Waals surface area contributed by atoms with E-state index in [1.54, 1.807) is 29.9 Å². The zero-order valence-corrected chi connectivity index (χ0v) is 15.8. The Kier molecular flexibility index (Phi) is 6.77. The van der Waals surface area contributed by atoms with E-state index in [1.807, 2.05) is 13.8 Å². The average molecular weight is 383 g/mol. The van der Waals surface area contributed by atoms with Crippen LogP contribution >= 0.6 is 11.3 Å². The van der Waals surface area contributed by atoms with Crippen LogP contribution in [0.4, 0.5) is 0 Å². The minimum atomic E-state index is -3.88. The number of rotatable bonds is 9. The number of carbonyl (C=O) groups is 1. The van der Waals surface area contributed by atoms with Gasteiger partial charge in [-0.25, -0.2) is 13.4 Å². The van der Waals surface area contributed by atoms with E-state index in [-0.39, 0.29) is 29.1 Å². The summed E-state index contributed by atoms with van der Waals surface area (Å²) in [5.41, 5.74) is 6.61. The number of carbonyl (C=O) groups excluding carboxylic acids is 1. The molecule has 7 nitrogen and oxygen atoms in total. The highest BCUT2D eigenvalue weighted by molar-refractivity contribution is 7.91. The third-order valence-electron chi connectivity index (χ3n) is 3.52. The minimum absolute atomic E-state index is 0.0376. The number of nitrogens with two attached hydrogens (primary N) is 1. The van der Waals surface area contributed by atoms with Crippen LogP contribution < -0.4 is 5.73 Å². The van der Waals surface area contributed by atoms with E-state index in [2.05, 4.69) is 9.97 Å². The Morgan fingerprint density at radius 2 is 2.12 bits per heavy atom. The van der Waals surface area contributed by atoms with Crippen molar-refractivity contribution in [3.63, 3.8) is 0 Å². The Labute approximate surface area is 152 Å². The molecule has 0 saturated heterocycles. The number of pyridine rings is 1. The van der Waals surface area contributed by atoms with Crippen molar-refractivity contribution in [3.8, 4) is 0 Å². The molecule has 0 spiro atoms. The van der Waals surface area contributed by atoms with Gasteiger partial charge in [-0.2, -0.15) is 4.31 Å². The molecule has 0 amide bonds. The molecule has 0 fully saturated rings. The molecule has 0 aliphatic carbocycles. The third-order valence-corrected chi connectivity index (χ3v) is 6.49. The second-order valence-electron chi connectivity index (χ2n) is 6.13. The largest absolute Gasteiger partial charge is 0.321 e. The fraction of sp³-hybridized carbons (Fsp3) is 0.438. The summed E-state index contributed by atoms with van der Waals surface area (Å²) in [7, 11) is -3.88. The van der Waals surface area contributed by atoms with Gasteiger partial charge in [-0.15, -0.1) is 11.3 Å². The summed E-state index contributed by atoms with van der Waals surface area (Å²) in [5.74, 6) is -0.0565. The van der Waals surface area contributed by atoms with E-state index in [0.29, 0.717) is 12.0 Å². The van der Waals surface area contributed by atoms with Gasteiger partial charge in [-0.1, -0.05) is 19.9 Å². The average Bonchev–Trinajstić information content (AvgIpc) is 3.09. The van der Waals surface area contributed by atoms with Crippen LogP contribution in [0.5, 0.6) is 0 Å². The first-order valence-electron chi connectivity index (χ1n) is 7.87. The second kappa shape index (κ2) is 8.61. The van der Waals surface area contributed by atoms with E-state index in [1.165, 1.54) is 6.20 Å². The number of thiazole rings is 1. The Morgan fingerprint density at radius 1 is 1.36 bits per heavy atom. The van der Waals surface area contributed by atoms with Crippen molar-refractivity contribution < 1.29 is 13.2 Å². The monoisotopic (exact) mass is 382 g/mol. The van der Waals surface area contributed by atoms with Crippen LogP contribution in [0.3, 0.4) is 0 Å². The molecule has 0 radical (unpaired) electrons. The summed E-state index contributed by atoms with van der Waals surface area (Å²) >= 11 is 1.02. The van der Waals surface area contributed by atoms with Gasteiger partial charge in [-0.05, 0) is 24.0 Å². The first-order valence-corrected chi connectivity index (χ1v) is 10.2. The number of nitrogens with zero attached hydrogens (tertiary/aromatic N) is 3. The molecule has 2 aromatic heterocycles. The molecular formula is C16H22N4O3S2. The van der Waals surface area contributed by atoms with Crippen molar-refractivity contribution >= 4 is 27.1 Å². The number of Topliss-reactive ketones (excluding diaryl/α,β-unsaturated/α-hetero) is 1. The molecule has 1 atom stereocenters. The maximum absolute atomic E-state index is 12.8. The van der Waals surface area contributed by atoms with E-state index in [0.717, 1.165) is 15.6 Å². The number of hydrogen-bond acceptors (Lipinski definition) is 7. The molecule has 2 rings (SSSR count). The van der Waals surface area contributed by atoms with Crippen molar-refractivity contribution in [3.05, 3.63) is 41.7 Å². The second-order valence-corrected chi connectivity index (χ2v) is 9.14. The van der Waals surface area contributed by atoms with Crippen LogP contribution in [0, 0.1) is 5.92 Å². The fourth-order valence-corrected chi connectivity index (χ4v) is 4.66. The summed E-state index contributed by atoms with van der Waals surface area (Å²) in [6, 6.07) is 2.79. The first-order chi connectivity index (χ1) is 11.8. The van der Waals surface area contributed by atoms with Gasteiger partial charge in [0.1, 0.15) is 0 Å². The van der Waals surface area contributed by atoms with Crippen LogP contribution in [-0.4, -0.2) is 41.1 Å². The van der Waals surface area contributed by atoms with Crippen LogP contribution in [-0.2, 0) is 21.4 Å². The highest BCUT2D eigenvalue weighted by atomic mass is 32.2. The lowest BCUT2D eigenvalue weighted by molar-refractivity contribution is -0.120. The Balaban J connectivity index is 2.25. The van der Waals surface area contributed by atoms with Gasteiger partial charge in [0, 0.05) is 30.5 Å². The molecule has 0 bridgehead atoms. The smallest absolute Gasteiger partial charge is 0.271 e. The molecule has 2 aromatic rings. The van der Waals surface area contributed by atoms with E-state index < -0.39 is 16.1 Å².